The lowest BCUT2D eigenvalue weighted by Gasteiger charge is -1.97. The highest BCUT2D eigenvalue weighted by Gasteiger charge is 2.24. The van der Waals surface area contributed by atoms with Gasteiger partial charge in [0, 0.05) is 10.7 Å². The first-order valence-electron chi connectivity index (χ1n) is 4.31. The summed E-state index contributed by atoms with van der Waals surface area (Å²) < 4.78 is 48.2. The summed E-state index contributed by atoms with van der Waals surface area (Å²) in [5, 5.41) is 0. The van der Waals surface area contributed by atoms with Crippen molar-refractivity contribution >= 4 is 47.5 Å². The van der Waals surface area contributed by atoms with Gasteiger partial charge in [0.15, 0.2) is 5.65 Å². The van der Waals surface area contributed by atoms with Crippen molar-refractivity contribution in [3.05, 3.63) is 16.7 Å². The molecule has 0 aromatic carbocycles. The van der Waals surface area contributed by atoms with Gasteiger partial charge in [-0.1, -0.05) is 0 Å². The Balaban J connectivity index is 2.50. The molecule has 2 heterocycles. The Morgan fingerprint density at radius 1 is 1.47 bits per heavy atom. The molecule has 0 spiro atoms. The molecule has 92 valence electrons. The number of alkyl halides is 2. The molecule has 0 unspecified atom stereocenters. The Bertz CT molecular complexity index is 657. The van der Waals surface area contributed by atoms with Crippen molar-refractivity contribution in [2.75, 3.05) is 5.75 Å². The molecule has 0 amide bonds. The first-order valence-corrected chi connectivity index (χ1v) is 7.57. The van der Waals surface area contributed by atoms with Gasteiger partial charge in [-0.3, -0.25) is 0 Å². The number of aromatic nitrogens is 2. The molecule has 17 heavy (non-hydrogen) atoms. The molecule has 2 aromatic rings. The lowest BCUT2D eigenvalue weighted by Crippen LogP contribution is -2.13. The molecule has 0 saturated heterocycles. The second-order valence-corrected chi connectivity index (χ2v) is 7.28. The van der Waals surface area contributed by atoms with E-state index in [1.165, 1.54) is 6.20 Å². The fourth-order valence-corrected chi connectivity index (χ4v) is 4.01. The molecule has 2 rings (SSSR count). The average molecular weight is 343 g/mol. The number of sulfone groups is 1. The third kappa shape index (κ3) is 2.78. The Hall–Kier alpha value is -0.670. The van der Waals surface area contributed by atoms with Crippen LogP contribution in [0.3, 0.4) is 0 Å². The van der Waals surface area contributed by atoms with E-state index in [9.17, 15) is 17.2 Å². The van der Waals surface area contributed by atoms with Gasteiger partial charge in [-0.25, -0.2) is 27.2 Å². The summed E-state index contributed by atoms with van der Waals surface area (Å²) in [4.78, 5) is 7.64. The summed E-state index contributed by atoms with van der Waals surface area (Å²) in [6.45, 7) is 0. The largest absolute Gasteiger partial charge is 0.252 e. The first-order chi connectivity index (χ1) is 7.88. The van der Waals surface area contributed by atoms with Crippen LogP contribution in [0.25, 0.3) is 10.3 Å². The Morgan fingerprint density at radius 3 is 2.82 bits per heavy atom. The molecule has 0 saturated carbocycles. The molecule has 0 atom stereocenters. The minimum atomic E-state index is -4.03. The highest BCUT2D eigenvalue weighted by molar-refractivity contribution is 9.10. The zero-order valence-corrected chi connectivity index (χ0v) is 11.3. The predicted octanol–water partition coefficient (Wildman–Crippen LogP) is 2.49. The van der Waals surface area contributed by atoms with E-state index in [4.69, 9.17) is 0 Å². The highest BCUT2D eigenvalue weighted by Crippen LogP contribution is 2.27. The smallest absolute Gasteiger partial charge is 0.235 e. The lowest BCUT2D eigenvalue weighted by molar-refractivity contribution is 0.174. The van der Waals surface area contributed by atoms with Gasteiger partial charge in [-0.15, -0.1) is 11.3 Å². The predicted molar refractivity (Wildman–Crippen MR) is 63.2 cm³/mol. The minimum Gasteiger partial charge on any atom is -0.235 e. The third-order valence-corrected chi connectivity index (χ3v) is 5.35. The van der Waals surface area contributed by atoms with Gasteiger partial charge in [0.1, 0.15) is 5.75 Å². The number of rotatable bonds is 3. The summed E-state index contributed by atoms with van der Waals surface area (Å²) in [7, 11) is -4.03. The zero-order valence-electron chi connectivity index (χ0n) is 8.10. The average Bonchev–Trinajstić information content (AvgIpc) is 2.58. The normalized spacial score (nSPS) is 12.5. The van der Waals surface area contributed by atoms with Crippen LogP contribution < -0.4 is 0 Å². The van der Waals surface area contributed by atoms with E-state index in [2.05, 4.69) is 25.9 Å². The van der Waals surface area contributed by atoms with Gasteiger partial charge in [0.05, 0.1) is 4.70 Å². The van der Waals surface area contributed by atoms with Crippen LogP contribution in [0.4, 0.5) is 8.78 Å². The maximum atomic E-state index is 12.1. The maximum absolute atomic E-state index is 12.1. The summed E-state index contributed by atoms with van der Waals surface area (Å²) in [6.07, 6.45) is -1.45. The standard InChI is InChI=1S/C8H5BrF2N2O2S2/c9-4-1-5-7(12-2-4)13-8(16-5)17(14,15)3-6(10)11/h1-2,6H,3H2. The lowest BCUT2D eigenvalue weighted by atomic mass is 10.5. The van der Waals surface area contributed by atoms with Gasteiger partial charge in [0.2, 0.25) is 14.2 Å². The van der Waals surface area contributed by atoms with Crippen molar-refractivity contribution in [3.8, 4) is 0 Å². The van der Waals surface area contributed by atoms with Crippen molar-refractivity contribution in [2.24, 2.45) is 0 Å². The molecule has 0 aliphatic heterocycles. The molecule has 9 heteroatoms. The molecule has 4 nitrogen and oxygen atoms in total. The van der Waals surface area contributed by atoms with E-state index in [-0.39, 0.29) is 9.99 Å². The summed E-state index contributed by atoms with van der Waals surface area (Å²) in [5.74, 6) is -1.21. The second-order valence-electron chi connectivity index (χ2n) is 3.13. The van der Waals surface area contributed by atoms with Crippen LogP contribution in [0.15, 0.2) is 21.1 Å². The number of halogens is 3. The van der Waals surface area contributed by atoms with Crippen molar-refractivity contribution in [3.63, 3.8) is 0 Å². The number of hydrogen-bond donors (Lipinski definition) is 0. The Morgan fingerprint density at radius 2 is 2.18 bits per heavy atom. The summed E-state index contributed by atoms with van der Waals surface area (Å²) >= 11 is 4.01. The quantitative estimate of drug-likeness (QED) is 0.859. The molecule has 0 N–H and O–H groups in total. The van der Waals surface area contributed by atoms with Crippen LogP contribution in [0.5, 0.6) is 0 Å². The van der Waals surface area contributed by atoms with Crippen LogP contribution in [-0.4, -0.2) is 30.6 Å². The highest BCUT2D eigenvalue weighted by atomic mass is 79.9. The van der Waals surface area contributed by atoms with Gasteiger partial charge in [-0.05, 0) is 22.0 Å². The summed E-state index contributed by atoms with van der Waals surface area (Å²) in [5.41, 5.74) is 0.242. The molecule has 2 aromatic heterocycles. The second kappa shape index (κ2) is 4.54. The number of fused-ring (bicyclic) bond motifs is 1. The molecule has 0 fully saturated rings. The molecule has 0 aliphatic carbocycles. The molecule has 0 bridgehead atoms. The van der Waals surface area contributed by atoms with Gasteiger partial charge >= 0.3 is 0 Å². The topological polar surface area (TPSA) is 59.9 Å². The summed E-state index contributed by atoms with van der Waals surface area (Å²) in [6, 6.07) is 1.64. The number of pyridine rings is 1. The molecular formula is C8H5BrF2N2O2S2. The fourth-order valence-electron chi connectivity index (χ4n) is 1.15. The Labute approximate surface area is 108 Å². The minimum absolute atomic E-state index is 0.242. The SMILES string of the molecule is O=S(=O)(CC(F)F)c1nc2ncc(Br)cc2s1. The fraction of sp³-hybridized carbons (Fsp3) is 0.250. The van der Waals surface area contributed by atoms with E-state index in [1.807, 2.05) is 0 Å². The Kier molecular flexibility index (Phi) is 3.41. The van der Waals surface area contributed by atoms with Crippen molar-refractivity contribution in [1.29, 1.82) is 0 Å². The monoisotopic (exact) mass is 342 g/mol. The van der Waals surface area contributed by atoms with Gasteiger partial charge in [-0.2, -0.15) is 0 Å². The van der Waals surface area contributed by atoms with Crippen molar-refractivity contribution in [2.45, 2.75) is 10.8 Å². The van der Waals surface area contributed by atoms with Crippen LogP contribution in [0.1, 0.15) is 0 Å². The number of hydrogen-bond acceptors (Lipinski definition) is 5. The molecular weight excluding hydrogens is 338 g/mol. The number of nitrogens with zero attached hydrogens (tertiary/aromatic N) is 2. The van der Waals surface area contributed by atoms with E-state index in [0.717, 1.165) is 11.3 Å². The van der Waals surface area contributed by atoms with E-state index < -0.39 is 22.0 Å². The first kappa shape index (κ1) is 12.8. The van der Waals surface area contributed by atoms with E-state index in [0.29, 0.717) is 9.17 Å². The van der Waals surface area contributed by atoms with E-state index >= 15 is 0 Å². The van der Waals surface area contributed by atoms with Crippen LogP contribution in [-0.2, 0) is 9.84 Å². The van der Waals surface area contributed by atoms with Crippen molar-refractivity contribution in [1.82, 2.24) is 9.97 Å². The van der Waals surface area contributed by atoms with Crippen LogP contribution in [0, 0.1) is 0 Å². The maximum Gasteiger partial charge on any atom is 0.252 e. The van der Waals surface area contributed by atoms with Gasteiger partial charge in [0.25, 0.3) is 6.43 Å². The zero-order chi connectivity index (χ0) is 12.6. The molecule has 0 aliphatic rings. The van der Waals surface area contributed by atoms with Gasteiger partial charge < -0.3 is 0 Å². The van der Waals surface area contributed by atoms with E-state index in [1.54, 1.807) is 6.07 Å². The van der Waals surface area contributed by atoms with Crippen LogP contribution in [0.2, 0.25) is 0 Å². The van der Waals surface area contributed by atoms with Crippen LogP contribution >= 0.6 is 27.3 Å². The number of thiazole rings is 1. The third-order valence-electron chi connectivity index (χ3n) is 1.81. The molecule has 0 radical (unpaired) electrons. The van der Waals surface area contributed by atoms with Crippen molar-refractivity contribution < 1.29 is 17.2 Å².